The molecule has 0 bridgehead atoms. The third kappa shape index (κ3) is 3.21. The van der Waals surface area contributed by atoms with E-state index in [-0.39, 0.29) is 5.69 Å². The van der Waals surface area contributed by atoms with E-state index >= 15 is 0 Å². The van der Waals surface area contributed by atoms with Gasteiger partial charge < -0.3 is 10.8 Å². The van der Waals surface area contributed by atoms with Crippen LogP contribution in [0.1, 0.15) is 33.7 Å². The van der Waals surface area contributed by atoms with Crippen LogP contribution in [-0.4, -0.2) is 32.6 Å². The summed E-state index contributed by atoms with van der Waals surface area (Å²) in [6, 6.07) is 7.97. The number of hydrogen-bond donors (Lipinski definition) is 2. The van der Waals surface area contributed by atoms with Crippen LogP contribution in [0.2, 0.25) is 0 Å². The summed E-state index contributed by atoms with van der Waals surface area (Å²) < 4.78 is 1.64. The topological polar surface area (TPSA) is 94.0 Å². The van der Waals surface area contributed by atoms with E-state index in [4.69, 9.17) is 5.73 Å². The zero-order valence-electron chi connectivity index (χ0n) is 11.4. The molecule has 3 N–H and O–H groups in total. The van der Waals surface area contributed by atoms with Gasteiger partial charge in [-0.2, -0.15) is 0 Å². The second-order valence-electron chi connectivity index (χ2n) is 4.72. The van der Waals surface area contributed by atoms with Crippen LogP contribution in [0.15, 0.2) is 24.3 Å². The Morgan fingerprint density at radius 1 is 1.45 bits per heavy atom. The minimum Gasteiger partial charge on any atom is -0.476 e. The highest BCUT2D eigenvalue weighted by Crippen LogP contribution is 2.14. The Kier molecular flexibility index (Phi) is 4.47. The van der Waals surface area contributed by atoms with Gasteiger partial charge in [-0.05, 0) is 25.5 Å². The van der Waals surface area contributed by atoms with E-state index in [1.165, 1.54) is 0 Å². The van der Waals surface area contributed by atoms with Crippen molar-refractivity contribution in [2.24, 2.45) is 5.73 Å². The highest BCUT2D eigenvalue weighted by Gasteiger charge is 2.18. The van der Waals surface area contributed by atoms with Crippen molar-refractivity contribution in [3.63, 3.8) is 0 Å². The van der Waals surface area contributed by atoms with Crippen molar-refractivity contribution in [3.8, 4) is 0 Å². The van der Waals surface area contributed by atoms with E-state index in [9.17, 15) is 9.90 Å². The summed E-state index contributed by atoms with van der Waals surface area (Å²) in [5, 5.41) is 16.9. The number of benzene rings is 1. The highest BCUT2D eigenvalue weighted by atomic mass is 16.4. The summed E-state index contributed by atoms with van der Waals surface area (Å²) in [5.41, 5.74) is 8.31. The van der Waals surface area contributed by atoms with Crippen LogP contribution in [0.3, 0.4) is 0 Å². The lowest BCUT2D eigenvalue weighted by atomic mass is 10.1. The zero-order valence-corrected chi connectivity index (χ0v) is 11.4. The van der Waals surface area contributed by atoms with Gasteiger partial charge in [0.25, 0.3) is 0 Å². The Labute approximate surface area is 117 Å². The molecule has 0 unspecified atom stereocenters. The number of hydrogen-bond acceptors (Lipinski definition) is 4. The monoisotopic (exact) mass is 274 g/mol. The average Bonchev–Trinajstić information content (AvgIpc) is 2.79. The molecule has 0 radical (unpaired) electrons. The van der Waals surface area contributed by atoms with E-state index in [0.717, 1.165) is 17.5 Å². The number of aromatic carboxylic acids is 1. The summed E-state index contributed by atoms with van der Waals surface area (Å²) in [5.74, 6) is -1.05. The fourth-order valence-electron chi connectivity index (χ4n) is 2.11. The number of carboxylic acid groups (broad SMARTS) is 1. The molecule has 0 saturated heterocycles. The number of aromatic nitrogens is 3. The fraction of sp³-hybridized carbons (Fsp3) is 0.357. The largest absolute Gasteiger partial charge is 0.476 e. The molecule has 1 heterocycles. The number of carboxylic acids is 1. The molecule has 0 atom stereocenters. The Hall–Kier alpha value is -2.21. The van der Waals surface area contributed by atoms with E-state index in [0.29, 0.717) is 25.2 Å². The van der Waals surface area contributed by atoms with Crippen molar-refractivity contribution >= 4 is 5.97 Å². The maximum atomic E-state index is 11.2. The van der Waals surface area contributed by atoms with Gasteiger partial charge in [0.05, 0.1) is 5.69 Å². The van der Waals surface area contributed by atoms with E-state index in [1.807, 2.05) is 31.2 Å². The predicted octanol–water partition coefficient (Wildman–Crippen LogP) is 1.22. The molecule has 1 aromatic heterocycles. The maximum Gasteiger partial charge on any atom is 0.358 e. The molecule has 6 heteroatoms. The normalized spacial score (nSPS) is 10.7. The lowest BCUT2D eigenvalue weighted by molar-refractivity contribution is 0.0689. The van der Waals surface area contributed by atoms with Gasteiger partial charge in [-0.1, -0.05) is 35.0 Å². The molecule has 0 aliphatic carbocycles. The molecule has 0 amide bonds. The van der Waals surface area contributed by atoms with Gasteiger partial charge in [0.2, 0.25) is 0 Å². The summed E-state index contributed by atoms with van der Waals surface area (Å²) in [6.07, 6.45) is 1.24. The molecule has 0 aliphatic heterocycles. The first-order chi connectivity index (χ1) is 9.61. The van der Waals surface area contributed by atoms with Gasteiger partial charge >= 0.3 is 5.97 Å². The molecule has 1 aromatic carbocycles. The Morgan fingerprint density at radius 3 is 2.90 bits per heavy atom. The van der Waals surface area contributed by atoms with Crippen LogP contribution >= 0.6 is 0 Å². The van der Waals surface area contributed by atoms with Gasteiger partial charge in [0, 0.05) is 13.0 Å². The van der Waals surface area contributed by atoms with Crippen LogP contribution in [-0.2, 0) is 13.0 Å². The minimum atomic E-state index is -1.05. The first-order valence-electron chi connectivity index (χ1n) is 6.53. The van der Waals surface area contributed by atoms with Crippen molar-refractivity contribution in [1.82, 2.24) is 15.0 Å². The minimum absolute atomic E-state index is 0.0172. The number of nitrogens with two attached hydrogens (primary N) is 1. The van der Waals surface area contributed by atoms with Gasteiger partial charge in [-0.3, -0.25) is 0 Å². The van der Waals surface area contributed by atoms with E-state index < -0.39 is 5.97 Å². The van der Waals surface area contributed by atoms with Crippen molar-refractivity contribution in [2.45, 2.75) is 26.3 Å². The van der Waals surface area contributed by atoms with Gasteiger partial charge in [-0.15, -0.1) is 5.10 Å². The van der Waals surface area contributed by atoms with Crippen molar-refractivity contribution in [3.05, 3.63) is 46.8 Å². The molecule has 0 spiro atoms. The summed E-state index contributed by atoms with van der Waals surface area (Å²) in [7, 11) is 0. The average molecular weight is 274 g/mol. The molecule has 20 heavy (non-hydrogen) atoms. The number of rotatable bonds is 6. The summed E-state index contributed by atoms with van der Waals surface area (Å²) in [6.45, 7) is 3.12. The zero-order chi connectivity index (χ0) is 14.5. The second-order valence-corrected chi connectivity index (χ2v) is 4.72. The standard InChI is InChI=1S/C14H18N4O2/c1-10-4-2-5-11(8-10)9-12-13(14(19)20)16-17-18(12)7-3-6-15/h2,4-5,8H,3,6-7,9,15H2,1H3,(H,19,20). The first kappa shape index (κ1) is 14.2. The third-order valence-electron chi connectivity index (χ3n) is 3.07. The molecule has 0 aliphatic rings. The Balaban J connectivity index is 2.32. The van der Waals surface area contributed by atoms with Crippen LogP contribution in [0, 0.1) is 6.92 Å². The van der Waals surface area contributed by atoms with Gasteiger partial charge in [0.1, 0.15) is 0 Å². The van der Waals surface area contributed by atoms with Crippen LogP contribution < -0.4 is 5.73 Å². The van der Waals surface area contributed by atoms with E-state index in [2.05, 4.69) is 10.3 Å². The Bertz CT molecular complexity index is 607. The van der Waals surface area contributed by atoms with Gasteiger partial charge in [-0.25, -0.2) is 9.48 Å². The third-order valence-corrected chi connectivity index (χ3v) is 3.07. The number of carbonyl (C=O) groups is 1. The summed E-state index contributed by atoms with van der Waals surface area (Å²) >= 11 is 0. The van der Waals surface area contributed by atoms with Crippen LogP contribution in [0.5, 0.6) is 0 Å². The molecule has 2 rings (SSSR count). The van der Waals surface area contributed by atoms with Crippen molar-refractivity contribution in [1.29, 1.82) is 0 Å². The second kappa shape index (κ2) is 6.29. The number of nitrogens with zero attached hydrogens (tertiary/aromatic N) is 3. The van der Waals surface area contributed by atoms with Crippen molar-refractivity contribution < 1.29 is 9.90 Å². The maximum absolute atomic E-state index is 11.2. The smallest absolute Gasteiger partial charge is 0.358 e. The highest BCUT2D eigenvalue weighted by molar-refractivity contribution is 5.86. The molecule has 106 valence electrons. The molecular weight excluding hydrogens is 256 g/mol. The van der Waals surface area contributed by atoms with Crippen LogP contribution in [0.25, 0.3) is 0 Å². The predicted molar refractivity (Wildman–Crippen MR) is 74.6 cm³/mol. The molecule has 6 nitrogen and oxygen atoms in total. The lowest BCUT2D eigenvalue weighted by Crippen LogP contribution is -2.12. The summed E-state index contributed by atoms with van der Waals surface area (Å²) in [4.78, 5) is 11.2. The first-order valence-corrected chi connectivity index (χ1v) is 6.53. The molecule has 0 saturated carbocycles. The number of aryl methyl sites for hydroxylation is 2. The van der Waals surface area contributed by atoms with Crippen molar-refractivity contribution in [2.75, 3.05) is 6.54 Å². The molecular formula is C14H18N4O2. The SMILES string of the molecule is Cc1cccc(Cc2c(C(=O)O)nnn2CCCN)c1. The Morgan fingerprint density at radius 2 is 2.25 bits per heavy atom. The van der Waals surface area contributed by atoms with Gasteiger partial charge in [0.15, 0.2) is 5.69 Å². The fourth-order valence-corrected chi connectivity index (χ4v) is 2.11. The molecule has 2 aromatic rings. The van der Waals surface area contributed by atoms with E-state index in [1.54, 1.807) is 4.68 Å². The lowest BCUT2D eigenvalue weighted by Gasteiger charge is -2.07. The quantitative estimate of drug-likeness (QED) is 0.826. The molecule has 0 fully saturated rings. The van der Waals surface area contributed by atoms with Crippen LogP contribution in [0.4, 0.5) is 0 Å².